The maximum Gasteiger partial charge on any atom is 0.267 e. The SMILES string of the molecule is C=CCN1C(=O)/C(=C\c2ccccc2OC)SC1=Nc1nnc(CCCC)s1. The Balaban J connectivity index is 1.89. The topological polar surface area (TPSA) is 67.7 Å². The molecule has 2 heterocycles. The van der Waals surface area contributed by atoms with Crippen molar-refractivity contribution in [1.29, 1.82) is 0 Å². The number of amidine groups is 1. The lowest BCUT2D eigenvalue weighted by atomic mass is 10.2. The van der Waals surface area contributed by atoms with Crippen LogP contribution < -0.4 is 4.74 Å². The summed E-state index contributed by atoms with van der Waals surface area (Å²) in [6.07, 6.45) is 6.61. The van der Waals surface area contributed by atoms with Crippen molar-refractivity contribution in [2.75, 3.05) is 13.7 Å². The summed E-state index contributed by atoms with van der Waals surface area (Å²) < 4.78 is 5.38. The molecule has 0 spiro atoms. The van der Waals surface area contributed by atoms with Gasteiger partial charge in [0.05, 0.1) is 12.0 Å². The van der Waals surface area contributed by atoms with Crippen LogP contribution in [-0.2, 0) is 11.2 Å². The van der Waals surface area contributed by atoms with Crippen LogP contribution in [0.25, 0.3) is 6.08 Å². The van der Waals surface area contributed by atoms with Crippen molar-refractivity contribution in [3.05, 3.63) is 52.4 Å². The van der Waals surface area contributed by atoms with Crippen molar-refractivity contribution in [3.8, 4) is 5.75 Å². The number of nitrogens with zero attached hydrogens (tertiary/aromatic N) is 4. The molecule has 1 aliphatic rings. The Morgan fingerprint density at radius 1 is 1.32 bits per heavy atom. The average molecular weight is 415 g/mol. The number of hydrogen-bond donors (Lipinski definition) is 0. The Morgan fingerprint density at radius 3 is 2.89 bits per heavy atom. The molecule has 1 amide bonds. The number of rotatable bonds is 8. The van der Waals surface area contributed by atoms with E-state index >= 15 is 0 Å². The first-order valence-corrected chi connectivity index (χ1v) is 10.7. The Hall–Kier alpha value is -2.45. The van der Waals surface area contributed by atoms with Crippen LogP contribution in [0.5, 0.6) is 5.75 Å². The van der Waals surface area contributed by atoms with Gasteiger partial charge in [0.1, 0.15) is 10.8 Å². The van der Waals surface area contributed by atoms with Gasteiger partial charge in [-0.15, -0.1) is 16.8 Å². The molecule has 28 heavy (non-hydrogen) atoms. The molecular weight excluding hydrogens is 392 g/mol. The molecule has 1 aromatic heterocycles. The second-order valence-corrected chi connectivity index (χ2v) is 8.08. The number of aliphatic imine (C=N–C) groups is 1. The normalized spacial score (nSPS) is 16.9. The summed E-state index contributed by atoms with van der Waals surface area (Å²) in [6, 6.07) is 7.59. The van der Waals surface area contributed by atoms with Gasteiger partial charge in [0.15, 0.2) is 5.17 Å². The van der Waals surface area contributed by atoms with E-state index in [4.69, 9.17) is 4.74 Å². The van der Waals surface area contributed by atoms with Crippen LogP contribution in [0.1, 0.15) is 30.3 Å². The van der Waals surface area contributed by atoms with E-state index in [0.29, 0.717) is 27.5 Å². The van der Waals surface area contributed by atoms with Crippen molar-refractivity contribution in [2.24, 2.45) is 4.99 Å². The van der Waals surface area contributed by atoms with Gasteiger partial charge in [-0.3, -0.25) is 9.69 Å². The van der Waals surface area contributed by atoms with Crippen molar-refractivity contribution in [3.63, 3.8) is 0 Å². The minimum atomic E-state index is -0.106. The molecular formula is C20H22N4O2S2. The van der Waals surface area contributed by atoms with Gasteiger partial charge < -0.3 is 4.74 Å². The summed E-state index contributed by atoms with van der Waals surface area (Å²) in [5.74, 6) is 0.610. The predicted octanol–water partition coefficient (Wildman–Crippen LogP) is 4.68. The number of thioether (sulfide) groups is 1. The van der Waals surface area contributed by atoms with Crippen LogP contribution in [-0.4, -0.2) is 39.8 Å². The van der Waals surface area contributed by atoms with Crippen molar-refractivity contribution in [2.45, 2.75) is 26.2 Å². The first-order valence-electron chi connectivity index (χ1n) is 9.02. The van der Waals surface area contributed by atoms with Crippen molar-refractivity contribution in [1.82, 2.24) is 15.1 Å². The van der Waals surface area contributed by atoms with E-state index < -0.39 is 0 Å². The highest BCUT2D eigenvalue weighted by molar-refractivity contribution is 8.18. The van der Waals surface area contributed by atoms with Crippen molar-refractivity contribution >= 4 is 45.4 Å². The summed E-state index contributed by atoms with van der Waals surface area (Å²) in [5.41, 5.74) is 0.846. The minimum Gasteiger partial charge on any atom is -0.496 e. The van der Waals surface area contributed by atoms with Gasteiger partial charge in [0, 0.05) is 18.5 Å². The maximum atomic E-state index is 12.9. The van der Waals surface area contributed by atoms with E-state index in [1.165, 1.54) is 23.1 Å². The van der Waals surface area contributed by atoms with Crippen LogP contribution in [0, 0.1) is 0 Å². The van der Waals surface area contributed by atoms with Crippen molar-refractivity contribution < 1.29 is 9.53 Å². The van der Waals surface area contributed by atoms with Gasteiger partial charge in [-0.1, -0.05) is 49.0 Å². The Morgan fingerprint density at radius 2 is 2.14 bits per heavy atom. The highest BCUT2D eigenvalue weighted by atomic mass is 32.2. The number of methoxy groups -OCH3 is 1. The van der Waals surface area contributed by atoms with Crippen LogP contribution in [0.3, 0.4) is 0 Å². The van der Waals surface area contributed by atoms with Crippen LogP contribution in [0.4, 0.5) is 5.13 Å². The van der Waals surface area contributed by atoms with Gasteiger partial charge in [-0.05, 0) is 30.3 Å². The van der Waals surface area contributed by atoms with E-state index in [9.17, 15) is 4.79 Å². The number of unbranched alkanes of at least 4 members (excludes halogenated alkanes) is 1. The molecule has 0 radical (unpaired) electrons. The number of hydrogen-bond acceptors (Lipinski definition) is 7. The molecule has 6 nitrogen and oxygen atoms in total. The number of benzene rings is 1. The van der Waals surface area contributed by atoms with Gasteiger partial charge >= 0.3 is 0 Å². The van der Waals surface area contributed by atoms with Crippen LogP contribution in [0.2, 0.25) is 0 Å². The summed E-state index contributed by atoms with van der Waals surface area (Å²) in [6.45, 7) is 6.28. The molecule has 0 N–H and O–H groups in total. The molecule has 0 bridgehead atoms. The van der Waals surface area contributed by atoms with E-state index in [-0.39, 0.29) is 5.91 Å². The second-order valence-electron chi connectivity index (χ2n) is 6.03. The monoisotopic (exact) mass is 414 g/mol. The number of aryl methyl sites for hydroxylation is 1. The Bertz CT molecular complexity index is 920. The molecule has 1 saturated heterocycles. The quantitative estimate of drug-likeness (QED) is 0.463. The maximum absolute atomic E-state index is 12.9. The number of aromatic nitrogens is 2. The number of carbonyl (C=O) groups excluding carboxylic acids is 1. The fourth-order valence-corrected chi connectivity index (χ4v) is 4.40. The van der Waals surface area contributed by atoms with Gasteiger partial charge in [0.25, 0.3) is 5.91 Å². The molecule has 1 fully saturated rings. The molecule has 0 unspecified atom stereocenters. The minimum absolute atomic E-state index is 0.106. The molecule has 0 saturated carbocycles. The third-order valence-corrected chi connectivity index (χ3v) is 5.90. The third kappa shape index (κ3) is 4.69. The fourth-order valence-electron chi connectivity index (χ4n) is 2.61. The second kappa shape index (κ2) is 9.66. The zero-order chi connectivity index (χ0) is 19.9. The average Bonchev–Trinajstić information content (AvgIpc) is 3.27. The van der Waals surface area contributed by atoms with Crippen LogP contribution in [0.15, 0.2) is 46.8 Å². The Kier molecular flexibility index (Phi) is 7.00. The van der Waals surface area contributed by atoms with Crippen LogP contribution >= 0.6 is 23.1 Å². The number of para-hydroxylation sites is 1. The van der Waals surface area contributed by atoms with E-state index in [2.05, 4.69) is 28.7 Å². The van der Waals surface area contributed by atoms with Gasteiger partial charge in [-0.2, -0.15) is 4.99 Å². The molecule has 8 heteroatoms. The molecule has 0 atom stereocenters. The number of amides is 1. The highest BCUT2D eigenvalue weighted by Crippen LogP contribution is 2.36. The molecule has 1 aromatic carbocycles. The summed E-state index contributed by atoms with van der Waals surface area (Å²) >= 11 is 2.79. The zero-order valence-corrected chi connectivity index (χ0v) is 17.6. The first-order chi connectivity index (χ1) is 13.7. The summed E-state index contributed by atoms with van der Waals surface area (Å²) in [7, 11) is 1.61. The van der Waals surface area contributed by atoms with E-state index in [0.717, 1.165) is 29.8 Å². The summed E-state index contributed by atoms with van der Waals surface area (Å²) in [5, 5.41) is 10.5. The lowest BCUT2D eigenvalue weighted by Gasteiger charge is -2.11. The van der Waals surface area contributed by atoms with Gasteiger partial charge in [0.2, 0.25) is 5.13 Å². The number of carbonyl (C=O) groups is 1. The molecule has 146 valence electrons. The largest absolute Gasteiger partial charge is 0.496 e. The molecule has 2 aromatic rings. The lowest BCUT2D eigenvalue weighted by Crippen LogP contribution is -2.29. The predicted molar refractivity (Wildman–Crippen MR) is 116 cm³/mol. The van der Waals surface area contributed by atoms with E-state index in [1.54, 1.807) is 18.1 Å². The van der Waals surface area contributed by atoms with Gasteiger partial charge in [-0.25, -0.2) is 0 Å². The van der Waals surface area contributed by atoms with E-state index in [1.807, 2.05) is 30.3 Å². The lowest BCUT2D eigenvalue weighted by molar-refractivity contribution is -0.121. The Labute approximate surface area is 173 Å². The standard InChI is InChI=1S/C20H22N4O2S2/c1-4-6-11-17-22-23-19(28-17)21-20-24(12-5-2)18(25)16(27-20)13-14-9-7-8-10-15(14)26-3/h5,7-10,13H,2,4,6,11-12H2,1,3H3/b16-13+,21-20?. The highest BCUT2D eigenvalue weighted by Gasteiger charge is 2.33. The molecule has 1 aliphatic heterocycles. The smallest absolute Gasteiger partial charge is 0.267 e. The first kappa shape index (κ1) is 20.3. The fraction of sp³-hybridized carbons (Fsp3) is 0.300. The zero-order valence-electron chi connectivity index (χ0n) is 15.9. The summed E-state index contributed by atoms with van der Waals surface area (Å²) in [4.78, 5) is 19.7. The third-order valence-electron chi connectivity index (χ3n) is 4.02. The molecule has 0 aliphatic carbocycles. The number of ether oxygens (including phenoxy) is 1. The molecule has 3 rings (SSSR count).